The van der Waals surface area contributed by atoms with Crippen LogP contribution in [-0.2, 0) is 6.18 Å². The summed E-state index contributed by atoms with van der Waals surface area (Å²) in [6.45, 7) is 0. The van der Waals surface area contributed by atoms with E-state index in [4.69, 9.17) is 0 Å². The van der Waals surface area contributed by atoms with Gasteiger partial charge in [-0.15, -0.1) is 0 Å². The zero-order chi connectivity index (χ0) is 21.3. The molecule has 1 aromatic heterocycles. The van der Waals surface area contributed by atoms with E-state index in [1.54, 1.807) is 36.4 Å². The normalized spacial score (nSPS) is 11.5. The maximum Gasteiger partial charge on any atom is 0.418 e. The molecule has 0 bridgehead atoms. The SMILES string of the molecule is O=C(Nc1ccccc1C(F)(F)F)Nc1c(-c2ccc(F)cc2)[nH]c2ccccc12. The molecule has 4 nitrogen and oxygen atoms in total. The number of aromatic nitrogens is 1. The van der Waals surface area contributed by atoms with E-state index < -0.39 is 23.6 Å². The van der Waals surface area contributed by atoms with Crippen molar-refractivity contribution in [3.8, 4) is 11.3 Å². The first-order valence-electron chi connectivity index (χ1n) is 8.94. The lowest BCUT2D eigenvalue weighted by Crippen LogP contribution is -2.22. The molecular weight excluding hydrogens is 398 g/mol. The van der Waals surface area contributed by atoms with Crippen LogP contribution in [0.2, 0.25) is 0 Å². The van der Waals surface area contributed by atoms with Gasteiger partial charge in [0.15, 0.2) is 0 Å². The Hall–Kier alpha value is -3.81. The molecule has 0 unspecified atom stereocenters. The number of nitrogens with one attached hydrogen (secondary N) is 3. The van der Waals surface area contributed by atoms with E-state index in [-0.39, 0.29) is 5.69 Å². The Bertz CT molecular complexity index is 1210. The van der Waals surface area contributed by atoms with E-state index in [0.29, 0.717) is 27.8 Å². The molecule has 0 radical (unpaired) electrons. The summed E-state index contributed by atoms with van der Waals surface area (Å²) in [4.78, 5) is 15.7. The van der Waals surface area contributed by atoms with Crippen molar-refractivity contribution in [2.75, 3.05) is 10.6 Å². The molecule has 0 saturated carbocycles. The van der Waals surface area contributed by atoms with Crippen molar-refractivity contribution in [1.29, 1.82) is 0 Å². The van der Waals surface area contributed by atoms with Gasteiger partial charge in [0.1, 0.15) is 5.82 Å². The quantitative estimate of drug-likeness (QED) is 0.324. The van der Waals surface area contributed by atoms with Crippen LogP contribution in [0.15, 0.2) is 72.8 Å². The van der Waals surface area contributed by atoms with Gasteiger partial charge in [0.2, 0.25) is 0 Å². The van der Waals surface area contributed by atoms with Gasteiger partial charge in [-0.3, -0.25) is 0 Å². The van der Waals surface area contributed by atoms with Crippen LogP contribution in [-0.4, -0.2) is 11.0 Å². The van der Waals surface area contributed by atoms with Crippen molar-refractivity contribution >= 4 is 28.3 Å². The maximum atomic E-state index is 13.3. The number of rotatable bonds is 3. The topological polar surface area (TPSA) is 56.9 Å². The van der Waals surface area contributed by atoms with Gasteiger partial charge >= 0.3 is 12.2 Å². The van der Waals surface area contributed by atoms with Gasteiger partial charge in [0, 0.05) is 16.5 Å². The number of para-hydroxylation sites is 2. The Labute approximate surface area is 168 Å². The molecule has 1 heterocycles. The van der Waals surface area contributed by atoms with Gasteiger partial charge in [-0.25, -0.2) is 9.18 Å². The van der Waals surface area contributed by atoms with Crippen molar-refractivity contribution in [2.45, 2.75) is 6.18 Å². The van der Waals surface area contributed by atoms with Crippen molar-refractivity contribution < 1.29 is 22.4 Å². The van der Waals surface area contributed by atoms with Gasteiger partial charge < -0.3 is 15.6 Å². The molecule has 0 fully saturated rings. The molecule has 0 aliphatic carbocycles. The summed E-state index contributed by atoms with van der Waals surface area (Å²) in [7, 11) is 0. The van der Waals surface area contributed by atoms with Gasteiger partial charge in [-0.2, -0.15) is 13.2 Å². The Morgan fingerprint density at radius 2 is 1.50 bits per heavy atom. The zero-order valence-corrected chi connectivity index (χ0v) is 15.3. The number of halogens is 4. The molecule has 0 aliphatic rings. The van der Waals surface area contributed by atoms with Gasteiger partial charge in [-0.05, 0) is 42.5 Å². The fourth-order valence-corrected chi connectivity index (χ4v) is 3.21. The Kier molecular flexibility index (Phi) is 4.91. The third kappa shape index (κ3) is 3.84. The summed E-state index contributed by atoms with van der Waals surface area (Å²) in [6.07, 6.45) is -4.61. The second-order valence-electron chi connectivity index (χ2n) is 6.55. The highest BCUT2D eigenvalue weighted by Gasteiger charge is 2.33. The maximum absolute atomic E-state index is 13.3. The lowest BCUT2D eigenvalue weighted by atomic mass is 10.1. The van der Waals surface area contributed by atoms with Crippen LogP contribution in [0.5, 0.6) is 0 Å². The molecule has 8 heteroatoms. The molecule has 4 aromatic rings. The third-order valence-corrected chi connectivity index (χ3v) is 4.56. The molecule has 0 saturated heterocycles. The number of amides is 2. The third-order valence-electron chi connectivity index (χ3n) is 4.56. The predicted octanol–water partition coefficient (Wildman–Crippen LogP) is 6.64. The second kappa shape index (κ2) is 7.55. The zero-order valence-electron chi connectivity index (χ0n) is 15.3. The number of H-pyrrole nitrogens is 1. The first-order chi connectivity index (χ1) is 14.3. The molecular formula is C22H15F4N3O. The summed E-state index contributed by atoms with van der Waals surface area (Å²) in [5.41, 5.74) is 0.902. The summed E-state index contributed by atoms with van der Waals surface area (Å²) in [5.74, 6) is -0.411. The Balaban J connectivity index is 1.70. The molecule has 0 aliphatic heterocycles. The minimum atomic E-state index is -4.61. The summed E-state index contributed by atoms with van der Waals surface area (Å²) in [5, 5.41) is 5.56. The van der Waals surface area contributed by atoms with Crippen LogP contribution in [0, 0.1) is 5.82 Å². The van der Waals surface area contributed by atoms with Crippen LogP contribution in [0.1, 0.15) is 5.56 Å². The van der Waals surface area contributed by atoms with E-state index in [0.717, 1.165) is 6.07 Å². The number of carbonyl (C=O) groups is 1. The lowest BCUT2D eigenvalue weighted by Gasteiger charge is -2.14. The highest BCUT2D eigenvalue weighted by molar-refractivity contribution is 6.10. The number of hydrogen-bond acceptors (Lipinski definition) is 1. The number of benzene rings is 3. The van der Waals surface area contributed by atoms with Crippen molar-refractivity contribution in [1.82, 2.24) is 4.98 Å². The monoisotopic (exact) mass is 413 g/mol. The number of urea groups is 1. The largest absolute Gasteiger partial charge is 0.418 e. The first kappa shape index (κ1) is 19.5. The van der Waals surface area contributed by atoms with Gasteiger partial charge in [0.25, 0.3) is 0 Å². The number of alkyl halides is 3. The van der Waals surface area contributed by atoms with Crippen LogP contribution >= 0.6 is 0 Å². The van der Waals surface area contributed by atoms with E-state index in [9.17, 15) is 22.4 Å². The molecule has 2 amide bonds. The van der Waals surface area contributed by atoms with Crippen LogP contribution < -0.4 is 10.6 Å². The van der Waals surface area contributed by atoms with E-state index in [2.05, 4.69) is 15.6 Å². The highest BCUT2D eigenvalue weighted by atomic mass is 19.4. The number of fused-ring (bicyclic) bond motifs is 1. The van der Waals surface area contributed by atoms with Gasteiger partial charge in [-0.1, -0.05) is 30.3 Å². The summed E-state index contributed by atoms with van der Waals surface area (Å²) in [6, 6.07) is 16.7. The molecule has 30 heavy (non-hydrogen) atoms. The van der Waals surface area contributed by atoms with E-state index >= 15 is 0 Å². The van der Waals surface area contributed by atoms with Crippen molar-refractivity contribution in [3.05, 3.63) is 84.2 Å². The van der Waals surface area contributed by atoms with E-state index in [1.807, 2.05) is 0 Å². The highest BCUT2D eigenvalue weighted by Crippen LogP contribution is 2.36. The fraction of sp³-hybridized carbons (Fsp3) is 0.0455. The standard InChI is InChI=1S/C22H15F4N3O/c23-14-11-9-13(10-12-14)19-20(15-5-1-3-7-17(15)27-19)29-21(30)28-18-8-4-2-6-16(18)22(24,25)26/h1-12,27H,(H2,28,29,30). The molecule has 3 aromatic carbocycles. The number of carbonyl (C=O) groups excluding carboxylic acids is 1. The molecule has 3 N–H and O–H groups in total. The van der Waals surface area contributed by atoms with Crippen LogP contribution in [0.3, 0.4) is 0 Å². The molecule has 152 valence electrons. The second-order valence-corrected chi connectivity index (χ2v) is 6.55. The van der Waals surface area contributed by atoms with E-state index in [1.165, 1.54) is 30.3 Å². The predicted molar refractivity (Wildman–Crippen MR) is 108 cm³/mol. The fourth-order valence-electron chi connectivity index (χ4n) is 3.21. The smallest absolute Gasteiger partial charge is 0.353 e. The minimum absolute atomic E-state index is 0.356. The average Bonchev–Trinajstić information content (AvgIpc) is 3.06. The lowest BCUT2D eigenvalue weighted by molar-refractivity contribution is -0.136. The Morgan fingerprint density at radius 1 is 0.833 bits per heavy atom. The number of anilines is 2. The number of aromatic amines is 1. The Morgan fingerprint density at radius 3 is 2.23 bits per heavy atom. The minimum Gasteiger partial charge on any atom is -0.353 e. The average molecular weight is 413 g/mol. The van der Waals surface area contributed by atoms with Gasteiger partial charge in [0.05, 0.1) is 22.6 Å². The molecule has 4 rings (SSSR count). The van der Waals surface area contributed by atoms with Crippen molar-refractivity contribution in [3.63, 3.8) is 0 Å². The molecule has 0 atom stereocenters. The summed E-state index contributed by atoms with van der Waals surface area (Å²) >= 11 is 0. The summed E-state index contributed by atoms with van der Waals surface area (Å²) < 4.78 is 52.9. The first-order valence-corrected chi connectivity index (χ1v) is 8.94. The molecule has 0 spiro atoms. The van der Waals surface area contributed by atoms with Crippen LogP contribution in [0.25, 0.3) is 22.2 Å². The number of hydrogen-bond donors (Lipinski definition) is 3. The van der Waals surface area contributed by atoms with Crippen LogP contribution in [0.4, 0.5) is 33.7 Å². The van der Waals surface area contributed by atoms with Crippen molar-refractivity contribution in [2.24, 2.45) is 0 Å².